The van der Waals surface area contributed by atoms with Crippen molar-refractivity contribution in [3.8, 4) is 0 Å². The topological polar surface area (TPSA) is 67.4 Å². The number of hydrogen-bond acceptors (Lipinski definition) is 5. The van der Waals surface area contributed by atoms with Gasteiger partial charge < -0.3 is 15.0 Å². The van der Waals surface area contributed by atoms with Gasteiger partial charge in [0, 0.05) is 20.2 Å². The van der Waals surface area contributed by atoms with E-state index in [1.54, 1.807) is 18.1 Å². The number of anilines is 1. The lowest BCUT2D eigenvalue weighted by atomic mass is 10.1. The molecule has 1 aliphatic rings. The summed E-state index contributed by atoms with van der Waals surface area (Å²) in [4.78, 5) is 22.4. The van der Waals surface area contributed by atoms with Gasteiger partial charge in [-0.05, 0) is 20.3 Å². The second-order valence-electron chi connectivity index (χ2n) is 4.67. The number of amides is 1. The van der Waals surface area contributed by atoms with E-state index in [4.69, 9.17) is 4.74 Å². The molecule has 1 aliphatic heterocycles. The Morgan fingerprint density at radius 2 is 2.37 bits per heavy atom. The molecular weight excluding hydrogens is 244 g/mol. The minimum absolute atomic E-state index is 0.0684. The lowest BCUT2D eigenvalue weighted by molar-refractivity contribution is 0.0569. The Balaban J connectivity index is 2.12. The van der Waals surface area contributed by atoms with Crippen LogP contribution >= 0.6 is 0 Å². The fourth-order valence-corrected chi connectivity index (χ4v) is 2.30. The van der Waals surface area contributed by atoms with Crippen LogP contribution in [0.5, 0.6) is 0 Å². The van der Waals surface area contributed by atoms with Gasteiger partial charge in [-0.1, -0.05) is 0 Å². The van der Waals surface area contributed by atoms with E-state index in [0.717, 1.165) is 13.0 Å². The zero-order valence-electron chi connectivity index (χ0n) is 11.6. The summed E-state index contributed by atoms with van der Waals surface area (Å²) >= 11 is 0. The van der Waals surface area contributed by atoms with Gasteiger partial charge in [-0.3, -0.25) is 9.78 Å². The minimum Gasteiger partial charge on any atom is -0.376 e. The van der Waals surface area contributed by atoms with Gasteiger partial charge in [-0.15, -0.1) is 0 Å². The van der Waals surface area contributed by atoms with Crippen molar-refractivity contribution in [2.45, 2.75) is 32.4 Å². The lowest BCUT2D eigenvalue weighted by Crippen LogP contribution is -2.41. The van der Waals surface area contributed by atoms with E-state index < -0.39 is 0 Å². The Morgan fingerprint density at radius 3 is 3.00 bits per heavy atom. The van der Waals surface area contributed by atoms with Crippen molar-refractivity contribution in [1.29, 1.82) is 0 Å². The highest BCUT2D eigenvalue weighted by molar-refractivity contribution is 5.92. The lowest BCUT2D eigenvalue weighted by Gasteiger charge is -2.26. The van der Waals surface area contributed by atoms with Gasteiger partial charge in [-0.25, -0.2) is 4.98 Å². The van der Waals surface area contributed by atoms with Crippen LogP contribution in [0.1, 0.15) is 30.8 Å². The van der Waals surface area contributed by atoms with Crippen LogP contribution < -0.4 is 5.32 Å². The summed E-state index contributed by atoms with van der Waals surface area (Å²) in [6, 6.07) is 0.108. The number of carbonyl (C=O) groups excluding carboxylic acids is 1. The van der Waals surface area contributed by atoms with Gasteiger partial charge in [0.05, 0.1) is 24.5 Å². The molecule has 6 heteroatoms. The van der Waals surface area contributed by atoms with Crippen molar-refractivity contribution in [3.05, 3.63) is 18.1 Å². The first-order valence-electron chi connectivity index (χ1n) is 6.58. The maximum atomic E-state index is 12.4. The second-order valence-corrected chi connectivity index (χ2v) is 4.67. The van der Waals surface area contributed by atoms with Crippen molar-refractivity contribution in [2.24, 2.45) is 0 Å². The van der Waals surface area contributed by atoms with Crippen LogP contribution in [-0.4, -0.2) is 53.1 Å². The van der Waals surface area contributed by atoms with Crippen molar-refractivity contribution < 1.29 is 9.53 Å². The molecule has 2 atom stereocenters. The Kier molecular flexibility index (Phi) is 4.31. The molecule has 0 saturated carbocycles. The highest BCUT2D eigenvalue weighted by Gasteiger charge is 2.31. The van der Waals surface area contributed by atoms with E-state index in [0.29, 0.717) is 18.1 Å². The maximum Gasteiger partial charge on any atom is 0.274 e. The largest absolute Gasteiger partial charge is 0.376 e. The molecular formula is C13H20N4O2. The Hall–Kier alpha value is -1.69. The van der Waals surface area contributed by atoms with E-state index in [1.165, 1.54) is 6.20 Å². The molecule has 1 amide bonds. The van der Waals surface area contributed by atoms with E-state index in [2.05, 4.69) is 15.3 Å². The van der Waals surface area contributed by atoms with Gasteiger partial charge in [0.25, 0.3) is 5.91 Å². The minimum atomic E-state index is -0.116. The van der Waals surface area contributed by atoms with Crippen molar-refractivity contribution in [1.82, 2.24) is 14.9 Å². The van der Waals surface area contributed by atoms with Crippen molar-refractivity contribution in [3.63, 3.8) is 0 Å². The molecule has 104 valence electrons. The Bertz CT molecular complexity index is 452. The summed E-state index contributed by atoms with van der Waals surface area (Å²) < 4.78 is 5.49. The van der Waals surface area contributed by atoms with Gasteiger partial charge in [-0.2, -0.15) is 0 Å². The average molecular weight is 264 g/mol. The highest BCUT2D eigenvalue weighted by atomic mass is 16.5. The Labute approximate surface area is 113 Å². The SMILES string of the molecule is CCNc1cncc(C(=O)N(C)C2CCOC2C)n1. The third-order valence-corrected chi connectivity index (χ3v) is 3.37. The van der Waals surface area contributed by atoms with E-state index in [-0.39, 0.29) is 18.1 Å². The number of hydrogen-bond donors (Lipinski definition) is 1. The zero-order valence-corrected chi connectivity index (χ0v) is 11.6. The summed E-state index contributed by atoms with van der Waals surface area (Å²) in [7, 11) is 1.79. The monoisotopic (exact) mass is 264 g/mol. The number of likely N-dealkylation sites (N-methyl/N-ethyl adjacent to an activating group) is 1. The molecule has 2 unspecified atom stereocenters. The molecule has 1 aromatic rings. The van der Waals surface area contributed by atoms with Gasteiger partial charge >= 0.3 is 0 Å². The van der Waals surface area contributed by atoms with Crippen LogP contribution in [0.25, 0.3) is 0 Å². The summed E-state index contributed by atoms with van der Waals surface area (Å²) in [6.45, 7) is 5.41. The number of rotatable bonds is 4. The quantitative estimate of drug-likeness (QED) is 0.884. The smallest absolute Gasteiger partial charge is 0.274 e. The Morgan fingerprint density at radius 1 is 1.58 bits per heavy atom. The summed E-state index contributed by atoms with van der Waals surface area (Å²) in [5, 5.41) is 3.05. The van der Waals surface area contributed by atoms with Crippen LogP contribution in [0.3, 0.4) is 0 Å². The van der Waals surface area contributed by atoms with Crippen LogP contribution in [0.4, 0.5) is 5.82 Å². The zero-order chi connectivity index (χ0) is 13.8. The van der Waals surface area contributed by atoms with Gasteiger partial charge in [0.1, 0.15) is 11.5 Å². The number of nitrogens with zero attached hydrogens (tertiary/aromatic N) is 3. The third kappa shape index (κ3) is 3.01. The molecule has 0 spiro atoms. The predicted octanol–water partition coefficient (Wildman–Crippen LogP) is 1.16. The summed E-state index contributed by atoms with van der Waals surface area (Å²) in [5.74, 6) is 0.507. The van der Waals surface area contributed by atoms with Gasteiger partial charge in [0.2, 0.25) is 0 Å². The van der Waals surface area contributed by atoms with Crippen LogP contribution in [0.2, 0.25) is 0 Å². The number of nitrogens with one attached hydrogen (secondary N) is 1. The van der Waals surface area contributed by atoms with Crippen LogP contribution in [0, 0.1) is 0 Å². The highest BCUT2D eigenvalue weighted by Crippen LogP contribution is 2.19. The molecule has 2 heterocycles. The fourth-order valence-electron chi connectivity index (χ4n) is 2.30. The molecule has 0 bridgehead atoms. The van der Waals surface area contributed by atoms with E-state index >= 15 is 0 Å². The number of aromatic nitrogens is 2. The molecule has 2 rings (SSSR count). The molecule has 0 aliphatic carbocycles. The molecule has 19 heavy (non-hydrogen) atoms. The summed E-state index contributed by atoms with van der Waals surface area (Å²) in [6.07, 6.45) is 4.05. The number of carbonyl (C=O) groups is 1. The van der Waals surface area contributed by atoms with Gasteiger partial charge in [0.15, 0.2) is 0 Å². The van der Waals surface area contributed by atoms with Crippen molar-refractivity contribution >= 4 is 11.7 Å². The first-order valence-corrected chi connectivity index (χ1v) is 6.58. The normalized spacial score (nSPS) is 22.3. The van der Waals surface area contributed by atoms with E-state index in [9.17, 15) is 4.79 Å². The maximum absolute atomic E-state index is 12.4. The fraction of sp³-hybridized carbons (Fsp3) is 0.615. The first-order chi connectivity index (χ1) is 9.13. The molecule has 1 N–H and O–H groups in total. The summed E-state index contributed by atoms with van der Waals surface area (Å²) in [5.41, 5.74) is 0.361. The second kappa shape index (κ2) is 5.97. The standard InChI is InChI=1S/C13H20N4O2/c1-4-15-12-8-14-7-10(16-12)13(18)17(3)11-5-6-19-9(11)2/h7-9,11H,4-6H2,1-3H3,(H,15,16). The van der Waals surface area contributed by atoms with E-state index in [1.807, 2.05) is 13.8 Å². The first kappa shape index (κ1) is 13.7. The molecule has 1 fully saturated rings. The third-order valence-electron chi connectivity index (χ3n) is 3.37. The molecule has 0 radical (unpaired) electrons. The predicted molar refractivity (Wildman–Crippen MR) is 72.1 cm³/mol. The van der Waals surface area contributed by atoms with Crippen molar-refractivity contribution in [2.75, 3.05) is 25.5 Å². The molecule has 0 aromatic carbocycles. The van der Waals surface area contributed by atoms with Crippen LogP contribution in [-0.2, 0) is 4.74 Å². The number of ether oxygens (including phenoxy) is 1. The molecule has 1 aromatic heterocycles. The molecule has 6 nitrogen and oxygen atoms in total. The van der Waals surface area contributed by atoms with Crippen LogP contribution in [0.15, 0.2) is 12.4 Å². The average Bonchev–Trinajstić information content (AvgIpc) is 2.84. The molecule has 1 saturated heterocycles.